The van der Waals surface area contributed by atoms with E-state index in [1.807, 2.05) is 12.4 Å². The number of unbranched alkanes of at least 4 members (excludes halogenated alkanes) is 2. The summed E-state index contributed by atoms with van der Waals surface area (Å²) in [4.78, 5) is 4.09. The van der Waals surface area contributed by atoms with Crippen LogP contribution < -0.4 is 0 Å². The van der Waals surface area contributed by atoms with Crippen molar-refractivity contribution in [3.8, 4) is 0 Å². The van der Waals surface area contributed by atoms with Crippen LogP contribution in [-0.2, 0) is 0 Å². The van der Waals surface area contributed by atoms with Gasteiger partial charge in [-0.1, -0.05) is 39.5 Å². The minimum Gasteiger partial charge on any atom is -0.265 e. The predicted octanol–water partition coefficient (Wildman–Crippen LogP) is 4.55. The van der Waals surface area contributed by atoms with Crippen molar-refractivity contribution in [2.24, 2.45) is 0 Å². The molecule has 84 valence electrons. The fourth-order valence-electron chi connectivity index (χ4n) is 2.01. The van der Waals surface area contributed by atoms with Gasteiger partial charge in [0.25, 0.3) is 0 Å². The van der Waals surface area contributed by atoms with Crippen LogP contribution >= 0.6 is 0 Å². The van der Waals surface area contributed by atoms with Gasteiger partial charge in [-0.05, 0) is 36.5 Å². The Hall–Kier alpha value is -0.850. The second-order valence-electron chi connectivity index (χ2n) is 4.26. The van der Waals surface area contributed by atoms with Crippen LogP contribution in [0.5, 0.6) is 0 Å². The van der Waals surface area contributed by atoms with Gasteiger partial charge in [0.1, 0.15) is 0 Å². The Labute approximate surface area is 93.9 Å². The highest BCUT2D eigenvalue weighted by Gasteiger charge is 2.09. The lowest BCUT2D eigenvalue weighted by molar-refractivity contribution is 0.524. The molecule has 0 aliphatic rings. The van der Waals surface area contributed by atoms with E-state index in [1.54, 1.807) is 0 Å². The van der Waals surface area contributed by atoms with E-state index in [-0.39, 0.29) is 0 Å². The van der Waals surface area contributed by atoms with E-state index in [2.05, 4.69) is 31.0 Å². The molecule has 0 N–H and O–H groups in total. The molecule has 0 saturated carbocycles. The molecule has 0 bridgehead atoms. The number of rotatable bonds is 7. The Bertz CT molecular complexity index is 235. The van der Waals surface area contributed by atoms with Gasteiger partial charge in [0.05, 0.1) is 0 Å². The molecule has 1 aromatic heterocycles. The number of pyridine rings is 1. The Morgan fingerprint density at radius 1 is 1.00 bits per heavy atom. The first-order valence-corrected chi connectivity index (χ1v) is 6.28. The van der Waals surface area contributed by atoms with Crippen molar-refractivity contribution >= 4 is 0 Å². The average Bonchev–Trinajstić information content (AvgIpc) is 2.30. The largest absolute Gasteiger partial charge is 0.265 e. The lowest BCUT2D eigenvalue weighted by atomic mass is 9.90. The summed E-state index contributed by atoms with van der Waals surface area (Å²) < 4.78 is 0. The van der Waals surface area contributed by atoms with Gasteiger partial charge >= 0.3 is 0 Å². The van der Waals surface area contributed by atoms with Crippen LogP contribution in [-0.4, -0.2) is 4.98 Å². The zero-order valence-electron chi connectivity index (χ0n) is 10.1. The second-order valence-corrected chi connectivity index (χ2v) is 4.26. The molecule has 1 heteroatoms. The Morgan fingerprint density at radius 2 is 1.53 bits per heavy atom. The third kappa shape index (κ3) is 4.46. The van der Waals surface area contributed by atoms with E-state index in [1.165, 1.54) is 44.1 Å². The van der Waals surface area contributed by atoms with Gasteiger partial charge in [-0.2, -0.15) is 0 Å². The number of aromatic nitrogens is 1. The highest BCUT2D eigenvalue weighted by molar-refractivity contribution is 5.15. The van der Waals surface area contributed by atoms with Crippen molar-refractivity contribution in [1.82, 2.24) is 4.98 Å². The topological polar surface area (TPSA) is 12.9 Å². The lowest BCUT2D eigenvalue weighted by Gasteiger charge is -2.16. The average molecular weight is 205 g/mol. The number of hydrogen-bond acceptors (Lipinski definition) is 1. The molecular weight excluding hydrogens is 182 g/mol. The maximum Gasteiger partial charge on any atom is 0.0270 e. The summed E-state index contributed by atoms with van der Waals surface area (Å²) in [6, 6.07) is 4.35. The zero-order chi connectivity index (χ0) is 10.9. The monoisotopic (exact) mass is 205 g/mol. The van der Waals surface area contributed by atoms with Gasteiger partial charge in [0.15, 0.2) is 0 Å². The molecule has 1 aromatic rings. The molecular formula is C14H23N. The fraction of sp³-hybridized carbons (Fsp3) is 0.643. The third-order valence-corrected chi connectivity index (χ3v) is 2.99. The molecule has 1 rings (SSSR count). The van der Waals surface area contributed by atoms with Crippen molar-refractivity contribution in [3.05, 3.63) is 30.1 Å². The van der Waals surface area contributed by atoms with Gasteiger partial charge in [-0.3, -0.25) is 4.98 Å². The summed E-state index contributed by atoms with van der Waals surface area (Å²) in [6.07, 6.45) is 11.8. The summed E-state index contributed by atoms with van der Waals surface area (Å²) in [5.41, 5.74) is 1.48. The van der Waals surface area contributed by atoms with Crippen LogP contribution in [0, 0.1) is 0 Å². The molecule has 0 aliphatic heterocycles. The summed E-state index contributed by atoms with van der Waals surface area (Å²) >= 11 is 0. The predicted molar refractivity (Wildman–Crippen MR) is 66.0 cm³/mol. The fourth-order valence-corrected chi connectivity index (χ4v) is 2.01. The molecule has 0 atom stereocenters. The molecule has 1 heterocycles. The van der Waals surface area contributed by atoms with Crippen LogP contribution in [0.2, 0.25) is 0 Å². The SMILES string of the molecule is CCCCC(CCCC)c1ccncc1. The third-order valence-electron chi connectivity index (χ3n) is 2.99. The molecule has 0 radical (unpaired) electrons. The minimum absolute atomic E-state index is 0.757. The Balaban J connectivity index is 2.55. The lowest BCUT2D eigenvalue weighted by Crippen LogP contribution is -1.99. The van der Waals surface area contributed by atoms with Crippen LogP contribution in [0.1, 0.15) is 63.9 Å². The summed E-state index contributed by atoms with van der Waals surface area (Å²) in [5.74, 6) is 0.757. The van der Waals surface area contributed by atoms with Crippen molar-refractivity contribution in [3.63, 3.8) is 0 Å². The van der Waals surface area contributed by atoms with Crippen molar-refractivity contribution in [2.45, 2.75) is 58.3 Å². The highest BCUT2D eigenvalue weighted by atomic mass is 14.6. The first-order chi connectivity index (χ1) is 7.38. The van der Waals surface area contributed by atoms with Crippen LogP contribution in [0.4, 0.5) is 0 Å². The summed E-state index contributed by atoms with van der Waals surface area (Å²) in [5, 5.41) is 0. The van der Waals surface area contributed by atoms with E-state index >= 15 is 0 Å². The first kappa shape index (κ1) is 12.2. The van der Waals surface area contributed by atoms with Crippen LogP contribution in [0.15, 0.2) is 24.5 Å². The maximum absolute atomic E-state index is 4.09. The van der Waals surface area contributed by atoms with E-state index in [0.717, 1.165) is 5.92 Å². The van der Waals surface area contributed by atoms with Crippen molar-refractivity contribution < 1.29 is 0 Å². The molecule has 15 heavy (non-hydrogen) atoms. The van der Waals surface area contributed by atoms with Crippen LogP contribution in [0.25, 0.3) is 0 Å². The van der Waals surface area contributed by atoms with Gasteiger partial charge < -0.3 is 0 Å². The number of hydrogen-bond donors (Lipinski definition) is 0. The highest BCUT2D eigenvalue weighted by Crippen LogP contribution is 2.26. The Morgan fingerprint density at radius 3 is 2.00 bits per heavy atom. The minimum atomic E-state index is 0.757. The quantitative estimate of drug-likeness (QED) is 0.636. The summed E-state index contributed by atoms with van der Waals surface area (Å²) in [7, 11) is 0. The molecule has 0 aliphatic carbocycles. The summed E-state index contributed by atoms with van der Waals surface area (Å²) in [6.45, 7) is 4.53. The first-order valence-electron chi connectivity index (χ1n) is 6.28. The second kappa shape index (κ2) is 7.44. The van der Waals surface area contributed by atoms with Crippen LogP contribution in [0.3, 0.4) is 0 Å². The van der Waals surface area contributed by atoms with E-state index in [4.69, 9.17) is 0 Å². The molecule has 1 nitrogen and oxygen atoms in total. The van der Waals surface area contributed by atoms with Gasteiger partial charge in [0, 0.05) is 12.4 Å². The zero-order valence-corrected chi connectivity index (χ0v) is 10.1. The molecule has 0 aromatic carbocycles. The number of nitrogens with zero attached hydrogens (tertiary/aromatic N) is 1. The molecule has 0 saturated heterocycles. The molecule has 0 spiro atoms. The van der Waals surface area contributed by atoms with Gasteiger partial charge in [0.2, 0.25) is 0 Å². The van der Waals surface area contributed by atoms with E-state index in [0.29, 0.717) is 0 Å². The molecule has 0 amide bonds. The maximum atomic E-state index is 4.09. The molecule has 0 fully saturated rings. The Kier molecular flexibility index (Phi) is 6.06. The standard InChI is InChI=1S/C14H23N/c1-3-5-7-13(8-6-4-2)14-9-11-15-12-10-14/h9-13H,3-8H2,1-2H3. The van der Waals surface area contributed by atoms with Crippen molar-refractivity contribution in [2.75, 3.05) is 0 Å². The smallest absolute Gasteiger partial charge is 0.0270 e. The van der Waals surface area contributed by atoms with Gasteiger partial charge in [-0.15, -0.1) is 0 Å². The van der Waals surface area contributed by atoms with Crippen molar-refractivity contribution in [1.29, 1.82) is 0 Å². The normalized spacial score (nSPS) is 10.9. The van der Waals surface area contributed by atoms with E-state index in [9.17, 15) is 0 Å². The van der Waals surface area contributed by atoms with E-state index < -0.39 is 0 Å². The molecule has 0 unspecified atom stereocenters. The van der Waals surface area contributed by atoms with Gasteiger partial charge in [-0.25, -0.2) is 0 Å².